The van der Waals surface area contributed by atoms with Crippen molar-refractivity contribution in [1.29, 1.82) is 0 Å². The zero-order chi connectivity index (χ0) is 14.0. The maximum atomic E-state index is 5.78. The molecule has 0 saturated heterocycles. The molecule has 1 aromatic carbocycles. The smallest absolute Gasteiger partial charge is 0.140 e. The average molecular weight is 276 g/mol. The number of nitrogens with zero attached hydrogens (tertiary/aromatic N) is 2. The molecule has 19 heavy (non-hydrogen) atoms. The van der Waals surface area contributed by atoms with Gasteiger partial charge < -0.3 is 4.74 Å². The van der Waals surface area contributed by atoms with E-state index in [4.69, 9.17) is 4.74 Å². The summed E-state index contributed by atoms with van der Waals surface area (Å²) >= 11 is 0. The molecular formula is C15H24N2OSi. The third-order valence-corrected chi connectivity index (χ3v) is 5.00. The number of aryl methyl sites for hydroxylation is 2. The molecule has 0 unspecified atom stereocenters. The Morgan fingerprint density at radius 2 is 1.95 bits per heavy atom. The minimum absolute atomic E-state index is 0.553. The van der Waals surface area contributed by atoms with E-state index in [0.717, 1.165) is 17.8 Å². The standard InChI is InChI=1S/C15H24N2OSi/c1-12-6-7-15-14(10-12)13(2)16-17(15)11-18-8-9-19(3,4)5/h6-7,10H,8-9,11H2,1-5H3. The first-order chi connectivity index (χ1) is 8.87. The Bertz CT molecular complexity index is 569. The minimum Gasteiger partial charge on any atom is -0.360 e. The van der Waals surface area contributed by atoms with Crippen LogP contribution in [0.5, 0.6) is 0 Å². The van der Waals surface area contributed by atoms with Gasteiger partial charge >= 0.3 is 0 Å². The second kappa shape index (κ2) is 5.47. The van der Waals surface area contributed by atoms with Gasteiger partial charge in [-0.2, -0.15) is 5.10 Å². The molecule has 3 nitrogen and oxygen atoms in total. The van der Waals surface area contributed by atoms with Crippen LogP contribution in [0.1, 0.15) is 11.3 Å². The second-order valence-electron chi connectivity index (χ2n) is 6.45. The third kappa shape index (κ3) is 3.67. The average Bonchev–Trinajstić information content (AvgIpc) is 2.60. The van der Waals surface area contributed by atoms with E-state index in [9.17, 15) is 0 Å². The molecule has 104 valence electrons. The van der Waals surface area contributed by atoms with Crippen LogP contribution >= 0.6 is 0 Å². The monoisotopic (exact) mass is 276 g/mol. The van der Waals surface area contributed by atoms with Crippen molar-refractivity contribution >= 4 is 19.0 Å². The first-order valence-corrected chi connectivity index (χ1v) is 10.6. The fourth-order valence-corrected chi connectivity index (χ4v) is 2.84. The molecule has 1 heterocycles. The number of ether oxygens (including phenoxy) is 1. The highest BCUT2D eigenvalue weighted by atomic mass is 28.3. The van der Waals surface area contributed by atoms with Crippen molar-refractivity contribution in [3.63, 3.8) is 0 Å². The summed E-state index contributed by atoms with van der Waals surface area (Å²) in [5.74, 6) is 0. The normalized spacial score (nSPS) is 12.3. The third-order valence-electron chi connectivity index (χ3n) is 3.30. The summed E-state index contributed by atoms with van der Waals surface area (Å²) in [4.78, 5) is 0. The first kappa shape index (κ1) is 14.3. The van der Waals surface area contributed by atoms with Gasteiger partial charge in [-0.15, -0.1) is 0 Å². The highest BCUT2D eigenvalue weighted by Crippen LogP contribution is 2.19. The fraction of sp³-hybridized carbons (Fsp3) is 0.533. The van der Waals surface area contributed by atoms with Crippen molar-refractivity contribution < 1.29 is 4.74 Å². The van der Waals surface area contributed by atoms with Crippen molar-refractivity contribution in [2.45, 2.75) is 46.3 Å². The van der Waals surface area contributed by atoms with Gasteiger partial charge in [-0.1, -0.05) is 31.3 Å². The van der Waals surface area contributed by atoms with E-state index in [-0.39, 0.29) is 0 Å². The zero-order valence-corrected chi connectivity index (χ0v) is 13.7. The molecule has 4 heteroatoms. The predicted octanol–water partition coefficient (Wildman–Crippen LogP) is 3.97. The van der Waals surface area contributed by atoms with Gasteiger partial charge in [-0.3, -0.25) is 0 Å². The van der Waals surface area contributed by atoms with Crippen LogP contribution in [-0.2, 0) is 11.5 Å². The molecule has 0 radical (unpaired) electrons. The summed E-state index contributed by atoms with van der Waals surface area (Å²) < 4.78 is 7.75. The Morgan fingerprint density at radius 1 is 1.21 bits per heavy atom. The van der Waals surface area contributed by atoms with Crippen molar-refractivity contribution in [3.05, 3.63) is 29.5 Å². The summed E-state index contributed by atoms with van der Waals surface area (Å²) in [6.45, 7) is 12.7. The number of aromatic nitrogens is 2. The Balaban J connectivity index is 2.05. The van der Waals surface area contributed by atoms with E-state index in [1.54, 1.807) is 0 Å². The zero-order valence-electron chi connectivity index (χ0n) is 12.7. The van der Waals surface area contributed by atoms with Crippen LogP contribution < -0.4 is 0 Å². The highest BCUT2D eigenvalue weighted by Gasteiger charge is 2.12. The molecule has 0 aliphatic rings. The molecule has 0 saturated carbocycles. The Kier molecular flexibility index (Phi) is 4.11. The Hall–Kier alpha value is -1.13. The molecule has 0 bridgehead atoms. The van der Waals surface area contributed by atoms with Gasteiger partial charge in [0.1, 0.15) is 6.73 Å². The summed E-state index contributed by atoms with van der Waals surface area (Å²) in [5, 5.41) is 5.80. The fourth-order valence-electron chi connectivity index (χ4n) is 2.08. The molecule has 0 atom stereocenters. The van der Waals surface area contributed by atoms with Crippen LogP contribution in [0.2, 0.25) is 25.7 Å². The van der Waals surface area contributed by atoms with E-state index in [2.05, 4.69) is 56.8 Å². The SMILES string of the molecule is Cc1ccc2c(c1)c(C)nn2COCC[Si](C)(C)C. The van der Waals surface area contributed by atoms with Crippen LogP contribution in [0.15, 0.2) is 18.2 Å². The van der Waals surface area contributed by atoms with Crippen molar-refractivity contribution in [2.24, 2.45) is 0 Å². The van der Waals surface area contributed by atoms with Crippen LogP contribution in [0, 0.1) is 13.8 Å². The van der Waals surface area contributed by atoms with Gasteiger partial charge in [0, 0.05) is 20.1 Å². The summed E-state index contributed by atoms with van der Waals surface area (Å²) in [6, 6.07) is 7.65. The Morgan fingerprint density at radius 3 is 2.63 bits per heavy atom. The molecule has 2 aromatic rings. The van der Waals surface area contributed by atoms with Gasteiger partial charge in [0.15, 0.2) is 0 Å². The molecule has 0 amide bonds. The lowest BCUT2D eigenvalue weighted by atomic mass is 10.1. The van der Waals surface area contributed by atoms with Crippen molar-refractivity contribution in [1.82, 2.24) is 9.78 Å². The van der Waals surface area contributed by atoms with Gasteiger partial charge in [-0.25, -0.2) is 4.68 Å². The van der Waals surface area contributed by atoms with Crippen LogP contribution in [-0.4, -0.2) is 24.5 Å². The summed E-state index contributed by atoms with van der Waals surface area (Å²) in [5.41, 5.74) is 3.51. The van der Waals surface area contributed by atoms with E-state index < -0.39 is 8.07 Å². The lowest BCUT2D eigenvalue weighted by Gasteiger charge is -2.15. The number of hydrogen-bond acceptors (Lipinski definition) is 2. The van der Waals surface area contributed by atoms with Crippen LogP contribution in [0.25, 0.3) is 10.9 Å². The van der Waals surface area contributed by atoms with Crippen LogP contribution in [0.3, 0.4) is 0 Å². The van der Waals surface area contributed by atoms with E-state index in [1.165, 1.54) is 17.0 Å². The molecule has 2 rings (SSSR count). The summed E-state index contributed by atoms with van der Waals surface area (Å²) in [7, 11) is -1.01. The maximum absolute atomic E-state index is 5.78. The molecule has 0 fully saturated rings. The highest BCUT2D eigenvalue weighted by molar-refractivity contribution is 6.76. The number of rotatable bonds is 5. The second-order valence-corrected chi connectivity index (χ2v) is 12.1. The lowest BCUT2D eigenvalue weighted by molar-refractivity contribution is 0.0815. The van der Waals surface area contributed by atoms with E-state index in [0.29, 0.717) is 6.73 Å². The minimum atomic E-state index is -1.01. The van der Waals surface area contributed by atoms with E-state index in [1.807, 2.05) is 4.68 Å². The first-order valence-electron chi connectivity index (χ1n) is 6.88. The predicted molar refractivity (Wildman–Crippen MR) is 83.3 cm³/mol. The Labute approximate surface area is 116 Å². The summed E-state index contributed by atoms with van der Waals surface area (Å²) in [6.07, 6.45) is 0. The van der Waals surface area contributed by atoms with Crippen molar-refractivity contribution in [3.8, 4) is 0 Å². The quantitative estimate of drug-likeness (QED) is 0.610. The molecule has 0 aliphatic heterocycles. The number of benzene rings is 1. The van der Waals surface area contributed by atoms with Gasteiger partial charge in [0.05, 0.1) is 11.2 Å². The van der Waals surface area contributed by atoms with Crippen molar-refractivity contribution in [2.75, 3.05) is 6.61 Å². The largest absolute Gasteiger partial charge is 0.360 e. The molecule has 1 aromatic heterocycles. The maximum Gasteiger partial charge on any atom is 0.140 e. The molecular weight excluding hydrogens is 252 g/mol. The van der Waals surface area contributed by atoms with Gasteiger partial charge in [0.2, 0.25) is 0 Å². The molecule has 0 spiro atoms. The molecule has 0 N–H and O–H groups in total. The molecule has 0 aliphatic carbocycles. The topological polar surface area (TPSA) is 27.1 Å². The van der Waals surface area contributed by atoms with Crippen LogP contribution in [0.4, 0.5) is 0 Å². The lowest BCUT2D eigenvalue weighted by Crippen LogP contribution is -2.22. The number of hydrogen-bond donors (Lipinski definition) is 0. The van der Waals surface area contributed by atoms with E-state index >= 15 is 0 Å². The number of fused-ring (bicyclic) bond motifs is 1. The van der Waals surface area contributed by atoms with Gasteiger partial charge in [0.25, 0.3) is 0 Å². The van der Waals surface area contributed by atoms with Gasteiger partial charge in [-0.05, 0) is 32.0 Å².